The number of aryl methyl sites for hydroxylation is 1. The lowest BCUT2D eigenvalue weighted by Crippen LogP contribution is -2.40. The number of hydrogen-bond donors (Lipinski definition) is 3. The van der Waals surface area contributed by atoms with E-state index >= 15 is 0 Å². The van der Waals surface area contributed by atoms with Gasteiger partial charge in [0.2, 0.25) is 0 Å². The van der Waals surface area contributed by atoms with Gasteiger partial charge in [-0.1, -0.05) is 36.4 Å². The van der Waals surface area contributed by atoms with Crippen molar-refractivity contribution in [3.05, 3.63) is 77.4 Å². The van der Waals surface area contributed by atoms with E-state index in [0.29, 0.717) is 49.2 Å². The molecule has 0 aliphatic carbocycles. The van der Waals surface area contributed by atoms with E-state index in [1.165, 1.54) is 0 Å². The number of aromatic nitrogens is 3. The third kappa shape index (κ3) is 5.07. The topological polar surface area (TPSA) is 112 Å². The number of benzene rings is 2. The average Bonchev–Trinajstić information content (AvgIpc) is 3.24. The molecule has 2 aromatic carbocycles. The number of ether oxygens (including phenoxy) is 1. The van der Waals surface area contributed by atoms with Crippen LogP contribution in [0.15, 0.2) is 54.6 Å². The molecule has 1 aliphatic heterocycles. The zero-order valence-corrected chi connectivity index (χ0v) is 17.2. The first-order valence-corrected chi connectivity index (χ1v) is 10.1. The summed E-state index contributed by atoms with van der Waals surface area (Å²) < 4.78 is 5.30. The molecule has 1 aromatic heterocycles. The van der Waals surface area contributed by atoms with E-state index in [1.54, 1.807) is 36.1 Å². The second-order valence-corrected chi connectivity index (χ2v) is 7.21. The highest BCUT2D eigenvalue weighted by molar-refractivity contribution is 5.97. The van der Waals surface area contributed by atoms with Gasteiger partial charge in [-0.05, 0) is 30.7 Å². The maximum atomic E-state index is 12.8. The van der Waals surface area contributed by atoms with Gasteiger partial charge in [0.25, 0.3) is 5.91 Å². The van der Waals surface area contributed by atoms with Gasteiger partial charge >= 0.3 is 6.03 Å². The molecule has 4 rings (SSSR count). The Bertz CT molecular complexity index is 1050. The van der Waals surface area contributed by atoms with Gasteiger partial charge in [-0.25, -0.2) is 9.78 Å². The highest BCUT2D eigenvalue weighted by Crippen LogP contribution is 2.20. The second kappa shape index (κ2) is 9.40. The van der Waals surface area contributed by atoms with Gasteiger partial charge in [-0.2, -0.15) is 5.10 Å². The lowest BCUT2D eigenvalue weighted by molar-refractivity contribution is 0.0303. The van der Waals surface area contributed by atoms with Crippen molar-refractivity contribution in [2.24, 2.45) is 0 Å². The number of morpholine rings is 1. The lowest BCUT2D eigenvalue weighted by atomic mass is 10.1. The Morgan fingerprint density at radius 1 is 1.10 bits per heavy atom. The van der Waals surface area contributed by atoms with Crippen molar-refractivity contribution < 1.29 is 14.3 Å². The fraction of sp³-hybridized carbons (Fsp3) is 0.273. The summed E-state index contributed by atoms with van der Waals surface area (Å²) in [4.78, 5) is 31.6. The number of nitrogens with zero attached hydrogens (tertiary/aromatic N) is 3. The monoisotopic (exact) mass is 420 g/mol. The number of nitrogens with one attached hydrogen (secondary N) is 3. The Kier molecular flexibility index (Phi) is 6.23. The van der Waals surface area contributed by atoms with E-state index in [2.05, 4.69) is 25.8 Å². The summed E-state index contributed by atoms with van der Waals surface area (Å²) in [5.41, 5.74) is 1.89. The van der Waals surface area contributed by atoms with Gasteiger partial charge in [0.15, 0.2) is 5.82 Å². The Hall–Kier alpha value is -3.72. The highest BCUT2D eigenvalue weighted by Gasteiger charge is 2.22. The number of urea groups is 1. The van der Waals surface area contributed by atoms with Crippen LogP contribution < -0.4 is 10.6 Å². The first-order valence-electron chi connectivity index (χ1n) is 10.1. The van der Waals surface area contributed by atoms with Gasteiger partial charge in [-0.15, -0.1) is 0 Å². The van der Waals surface area contributed by atoms with Crippen LogP contribution in [0.4, 0.5) is 10.5 Å². The van der Waals surface area contributed by atoms with Crippen LogP contribution in [0.25, 0.3) is 0 Å². The lowest BCUT2D eigenvalue weighted by Gasteiger charge is -2.27. The van der Waals surface area contributed by atoms with Crippen LogP contribution in [-0.2, 0) is 4.74 Å². The van der Waals surface area contributed by atoms with Gasteiger partial charge < -0.3 is 20.3 Å². The smallest absolute Gasteiger partial charge is 0.320 e. The van der Waals surface area contributed by atoms with E-state index in [1.807, 2.05) is 30.3 Å². The minimum atomic E-state index is -0.524. The molecule has 3 N–H and O–H groups in total. The predicted octanol–water partition coefficient (Wildman–Crippen LogP) is 2.50. The first-order chi connectivity index (χ1) is 15.1. The fourth-order valence-corrected chi connectivity index (χ4v) is 3.41. The maximum Gasteiger partial charge on any atom is 0.320 e. The zero-order valence-electron chi connectivity index (χ0n) is 17.2. The standard InChI is InChI=1S/C22H24N6O3/c1-15-23-20(27-26-15)19(16-6-3-2-4-7-16)25-22(30)24-18-9-5-8-17(14-18)21(29)28-10-12-31-13-11-28/h2-9,14,19H,10-13H2,1H3,(H,23,26,27)(H2,24,25,30). The molecule has 1 aliphatic rings. The summed E-state index contributed by atoms with van der Waals surface area (Å²) in [6.45, 7) is 3.99. The summed E-state index contributed by atoms with van der Waals surface area (Å²) in [7, 11) is 0. The first kappa shape index (κ1) is 20.5. The molecule has 3 amide bonds. The average molecular weight is 420 g/mol. The molecule has 9 nitrogen and oxygen atoms in total. The summed E-state index contributed by atoms with van der Waals surface area (Å²) >= 11 is 0. The van der Waals surface area contributed by atoms with Crippen molar-refractivity contribution in [3.8, 4) is 0 Å². The molecular weight excluding hydrogens is 396 g/mol. The maximum absolute atomic E-state index is 12.8. The minimum absolute atomic E-state index is 0.0780. The van der Waals surface area contributed by atoms with E-state index in [4.69, 9.17) is 4.74 Å². The van der Waals surface area contributed by atoms with Gasteiger partial charge in [0, 0.05) is 24.3 Å². The number of amides is 3. The van der Waals surface area contributed by atoms with Crippen molar-refractivity contribution in [1.82, 2.24) is 25.4 Å². The summed E-state index contributed by atoms with van der Waals surface area (Å²) in [5.74, 6) is 1.05. The van der Waals surface area contributed by atoms with Crippen molar-refractivity contribution >= 4 is 17.6 Å². The van der Waals surface area contributed by atoms with E-state index in [-0.39, 0.29) is 5.91 Å². The third-order valence-corrected chi connectivity index (χ3v) is 4.95. The Labute approximate surface area is 179 Å². The van der Waals surface area contributed by atoms with Crippen molar-refractivity contribution in [2.75, 3.05) is 31.6 Å². The predicted molar refractivity (Wildman–Crippen MR) is 115 cm³/mol. The Morgan fingerprint density at radius 2 is 1.87 bits per heavy atom. The van der Waals surface area contributed by atoms with Crippen LogP contribution in [0.5, 0.6) is 0 Å². The third-order valence-electron chi connectivity index (χ3n) is 4.95. The molecule has 31 heavy (non-hydrogen) atoms. The van der Waals surface area contributed by atoms with Crippen LogP contribution in [0.3, 0.4) is 0 Å². The molecule has 0 bridgehead atoms. The molecule has 1 unspecified atom stereocenters. The fourth-order valence-electron chi connectivity index (χ4n) is 3.41. The molecule has 1 fully saturated rings. The number of carbonyl (C=O) groups is 2. The number of hydrogen-bond acceptors (Lipinski definition) is 5. The van der Waals surface area contributed by atoms with Crippen LogP contribution >= 0.6 is 0 Å². The number of H-pyrrole nitrogens is 1. The molecule has 1 saturated heterocycles. The summed E-state index contributed by atoms with van der Waals surface area (Å²) in [6.07, 6.45) is 0. The largest absolute Gasteiger partial charge is 0.378 e. The summed E-state index contributed by atoms with van der Waals surface area (Å²) in [5, 5.41) is 12.7. The molecular formula is C22H24N6O3. The molecule has 1 atom stereocenters. The number of aromatic amines is 1. The van der Waals surface area contributed by atoms with E-state index in [0.717, 1.165) is 5.56 Å². The van der Waals surface area contributed by atoms with E-state index < -0.39 is 12.1 Å². The highest BCUT2D eigenvalue weighted by atomic mass is 16.5. The zero-order chi connectivity index (χ0) is 21.6. The van der Waals surface area contributed by atoms with Crippen molar-refractivity contribution in [2.45, 2.75) is 13.0 Å². The number of rotatable bonds is 5. The number of anilines is 1. The molecule has 3 aromatic rings. The molecule has 2 heterocycles. The van der Waals surface area contributed by atoms with Crippen molar-refractivity contribution in [3.63, 3.8) is 0 Å². The Morgan fingerprint density at radius 3 is 2.58 bits per heavy atom. The van der Waals surface area contributed by atoms with Crippen LogP contribution in [0, 0.1) is 6.92 Å². The molecule has 160 valence electrons. The minimum Gasteiger partial charge on any atom is -0.378 e. The SMILES string of the molecule is Cc1nc(C(NC(=O)Nc2cccc(C(=O)N3CCOCC3)c2)c2ccccc2)n[nH]1. The molecule has 0 spiro atoms. The van der Waals surface area contributed by atoms with Crippen LogP contribution in [-0.4, -0.2) is 58.3 Å². The normalized spacial score (nSPS) is 14.7. The quantitative estimate of drug-likeness (QED) is 0.587. The molecule has 9 heteroatoms. The van der Waals surface area contributed by atoms with Crippen LogP contribution in [0.2, 0.25) is 0 Å². The Balaban J connectivity index is 1.47. The van der Waals surface area contributed by atoms with E-state index in [9.17, 15) is 9.59 Å². The van der Waals surface area contributed by atoms with Crippen LogP contribution in [0.1, 0.15) is 33.6 Å². The number of carbonyl (C=O) groups excluding carboxylic acids is 2. The molecule has 0 radical (unpaired) electrons. The van der Waals surface area contributed by atoms with Gasteiger partial charge in [0.1, 0.15) is 11.9 Å². The molecule has 0 saturated carbocycles. The second-order valence-electron chi connectivity index (χ2n) is 7.21. The van der Waals surface area contributed by atoms with Gasteiger partial charge in [-0.3, -0.25) is 9.89 Å². The van der Waals surface area contributed by atoms with Crippen molar-refractivity contribution in [1.29, 1.82) is 0 Å². The summed E-state index contributed by atoms with van der Waals surface area (Å²) in [6, 6.07) is 15.4. The van der Waals surface area contributed by atoms with Gasteiger partial charge in [0.05, 0.1) is 13.2 Å².